The van der Waals surface area contributed by atoms with E-state index in [0.29, 0.717) is 0 Å². The molecule has 1 aromatic rings. The molecular weight excluding hydrogens is 284 g/mol. The Balaban J connectivity index is 1.61. The molecule has 3 rings (SSSR count). The van der Waals surface area contributed by atoms with Crippen molar-refractivity contribution in [3.8, 4) is 0 Å². The van der Waals surface area contributed by atoms with Crippen LogP contribution in [0.4, 0.5) is 0 Å². The third-order valence-corrected chi connectivity index (χ3v) is 5.33. The third kappa shape index (κ3) is 3.24. The van der Waals surface area contributed by atoms with Crippen LogP contribution in [0, 0.1) is 5.92 Å². The van der Waals surface area contributed by atoms with Gasteiger partial charge in [0.25, 0.3) is 0 Å². The van der Waals surface area contributed by atoms with Crippen molar-refractivity contribution in [1.29, 1.82) is 0 Å². The largest absolute Gasteiger partial charge is 0.355 e. The molecule has 0 radical (unpaired) electrons. The lowest BCUT2D eigenvalue weighted by atomic mass is 9.64. The monoisotopic (exact) mass is 306 g/mol. The van der Waals surface area contributed by atoms with Crippen LogP contribution in [-0.2, 0) is 10.2 Å². The fourth-order valence-corrected chi connectivity index (χ4v) is 3.59. The van der Waals surface area contributed by atoms with Crippen molar-refractivity contribution in [2.45, 2.75) is 37.5 Å². The maximum atomic E-state index is 12.3. The van der Waals surface area contributed by atoms with E-state index in [1.807, 2.05) is 12.1 Å². The summed E-state index contributed by atoms with van der Waals surface area (Å²) in [5.74, 6) is 0.422. The number of carbonyl (C=O) groups is 1. The van der Waals surface area contributed by atoms with Crippen molar-refractivity contribution < 1.29 is 4.79 Å². The van der Waals surface area contributed by atoms with Crippen molar-refractivity contribution in [3.63, 3.8) is 0 Å². The second-order valence-electron chi connectivity index (χ2n) is 6.38. The Hall–Kier alpha value is -1.06. The number of hydrogen-bond acceptors (Lipinski definition) is 2. The topological polar surface area (TPSA) is 41.1 Å². The first-order valence-electron chi connectivity index (χ1n) is 7.94. The summed E-state index contributed by atoms with van der Waals surface area (Å²) in [7, 11) is 0. The van der Waals surface area contributed by atoms with Gasteiger partial charge in [-0.1, -0.05) is 30.2 Å². The molecule has 4 heteroatoms. The first-order chi connectivity index (χ1) is 10.2. The maximum absolute atomic E-state index is 12.3. The third-order valence-electron chi connectivity index (χ3n) is 5.08. The highest BCUT2D eigenvalue weighted by Crippen LogP contribution is 2.43. The van der Waals surface area contributed by atoms with Gasteiger partial charge in [-0.2, -0.15) is 0 Å². The Bertz CT molecular complexity index is 490. The van der Waals surface area contributed by atoms with Crippen molar-refractivity contribution in [1.82, 2.24) is 10.6 Å². The summed E-state index contributed by atoms with van der Waals surface area (Å²) < 4.78 is 0. The molecule has 1 aliphatic carbocycles. The van der Waals surface area contributed by atoms with Gasteiger partial charge in [0.15, 0.2) is 0 Å². The lowest BCUT2D eigenvalue weighted by Crippen LogP contribution is -2.48. The molecule has 114 valence electrons. The fraction of sp³-hybridized carbons (Fsp3) is 0.588. The first-order valence-corrected chi connectivity index (χ1v) is 8.32. The molecule has 3 nitrogen and oxygen atoms in total. The van der Waals surface area contributed by atoms with Gasteiger partial charge in [-0.05, 0) is 56.5 Å². The van der Waals surface area contributed by atoms with E-state index in [-0.39, 0.29) is 17.2 Å². The fourth-order valence-electron chi connectivity index (χ4n) is 3.46. The highest BCUT2D eigenvalue weighted by Gasteiger charge is 2.39. The molecule has 0 spiro atoms. The van der Waals surface area contributed by atoms with Crippen LogP contribution in [0.25, 0.3) is 0 Å². The van der Waals surface area contributed by atoms with E-state index in [2.05, 4.69) is 22.8 Å². The van der Waals surface area contributed by atoms with Crippen molar-refractivity contribution in [3.05, 3.63) is 34.9 Å². The number of piperidine rings is 1. The SMILES string of the molecule is O=C(NCC1(c2ccc(Cl)cc2)CCC1)C1CCNCC1. The molecule has 0 atom stereocenters. The highest BCUT2D eigenvalue weighted by atomic mass is 35.5. The Morgan fingerprint density at radius 2 is 1.90 bits per heavy atom. The van der Waals surface area contributed by atoms with E-state index in [9.17, 15) is 4.79 Å². The van der Waals surface area contributed by atoms with Crippen LogP contribution in [0.5, 0.6) is 0 Å². The zero-order valence-corrected chi connectivity index (χ0v) is 13.1. The Kier molecular flexibility index (Phi) is 4.51. The molecule has 1 aliphatic heterocycles. The summed E-state index contributed by atoms with van der Waals surface area (Å²) in [6.45, 7) is 2.68. The summed E-state index contributed by atoms with van der Waals surface area (Å²) in [4.78, 5) is 12.3. The number of rotatable bonds is 4. The summed E-state index contributed by atoms with van der Waals surface area (Å²) >= 11 is 5.98. The van der Waals surface area contributed by atoms with Crippen LogP contribution >= 0.6 is 11.6 Å². The van der Waals surface area contributed by atoms with Gasteiger partial charge in [-0.3, -0.25) is 4.79 Å². The van der Waals surface area contributed by atoms with Gasteiger partial charge in [-0.15, -0.1) is 0 Å². The standard InChI is InChI=1S/C17H23ClN2O/c18-15-4-2-14(3-5-15)17(8-1-9-17)12-20-16(21)13-6-10-19-11-7-13/h2-5,13,19H,1,6-12H2,(H,20,21). The number of nitrogens with one attached hydrogen (secondary N) is 2. The second kappa shape index (κ2) is 6.37. The minimum atomic E-state index is 0.132. The van der Waals surface area contributed by atoms with Gasteiger partial charge in [0.05, 0.1) is 0 Å². The molecule has 0 bridgehead atoms. The van der Waals surface area contributed by atoms with Gasteiger partial charge in [0.1, 0.15) is 0 Å². The predicted molar refractivity (Wildman–Crippen MR) is 85.6 cm³/mol. The zero-order chi connectivity index (χ0) is 14.7. The summed E-state index contributed by atoms with van der Waals surface area (Å²) in [6.07, 6.45) is 5.47. The van der Waals surface area contributed by atoms with E-state index in [4.69, 9.17) is 11.6 Å². The van der Waals surface area contributed by atoms with E-state index in [1.54, 1.807) is 0 Å². The number of carbonyl (C=O) groups excluding carboxylic acids is 1. The van der Waals surface area contributed by atoms with Gasteiger partial charge in [-0.25, -0.2) is 0 Å². The van der Waals surface area contributed by atoms with Crippen LogP contribution in [0.3, 0.4) is 0 Å². The predicted octanol–water partition coefficient (Wildman–Crippen LogP) is 2.88. The molecular formula is C17H23ClN2O. The second-order valence-corrected chi connectivity index (χ2v) is 6.82. The van der Waals surface area contributed by atoms with Crippen LogP contribution < -0.4 is 10.6 Å². The van der Waals surface area contributed by atoms with E-state index < -0.39 is 0 Å². The average molecular weight is 307 g/mol. The molecule has 1 heterocycles. The van der Waals surface area contributed by atoms with Gasteiger partial charge >= 0.3 is 0 Å². The highest BCUT2D eigenvalue weighted by molar-refractivity contribution is 6.30. The van der Waals surface area contributed by atoms with Crippen LogP contribution in [0.1, 0.15) is 37.7 Å². The summed E-state index contributed by atoms with van der Waals surface area (Å²) in [5.41, 5.74) is 1.44. The molecule has 2 fully saturated rings. The smallest absolute Gasteiger partial charge is 0.223 e. The lowest BCUT2D eigenvalue weighted by Gasteiger charge is -2.43. The van der Waals surface area contributed by atoms with Crippen molar-refractivity contribution in [2.24, 2.45) is 5.92 Å². The normalized spacial score (nSPS) is 21.6. The molecule has 0 unspecified atom stereocenters. The van der Waals surface area contributed by atoms with Crippen molar-refractivity contribution in [2.75, 3.05) is 19.6 Å². The Morgan fingerprint density at radius 1 is 1.24 bits per heavy atom. The number of halogens is 1. The van der Waals surface area contributed by atoms with Gasteiger partial charge in [0.2, 0.25) is 5.91 Å². The quantitative estimate of drug-likeness (QED) is 0.898. The number of amides is 1. The summed E-state index contributed by atoms with van der Waals surface area (Å²) in [5, 5.41) is 7.28. The molecule has 2 N–H and O–H groups in total. The van der Waals surface area contributed by atoms with Crippen molar-refractivity contribution >= 4 is 17.5 Å². The molecule has 21 heavy (non-hydrogen) atoms. The maximum Gasteiger partial charge on any atom is 0.223 e. The van der Waals surface area contributed by atoms with Gasteiger partial charge in [0, 0.05) is 22.9 Å². The van der Waals surface area contributed by atoms with Crippen LogP contribution in [-0.4, -0.2) is 25.5 Å². The molecule has 1 saturated carbocycles. The van der Waals surface area contributed by atoms with E-state index in [0.717, 1.165) is 50.3 Å². The minimum Gasteiger partial charge on any atom is -0.355 e. The molecule has 2 aliphatic rings. The molecule has 1 aromatic carbocycles. The molecule has 1 saturated heterocycles. The Labute approximate surface area is 131 Å². The molecule has 1 amide bonds. The number of hydrogen-bond donors (Lipinski definition) is 2. The van der Waals surface area contributed by atoms with E-state index in [1.165, 1.54) is 12.0 Å². The first kappa shape index (κ1) is 14.9. The minimum absolute atomic E-state index is 0.132. The van der Waals surface area contributed by atoms with Crippen LogP contribution in [0.2, 0.25) is 5.02 Å². The lowest BCUT2D eigenvalue weighted by molar-refractivity contribution is -0.126. The van der Waals surface area contributed by atoms with E-state index >= 15 is 0 Å². The molecule has 0 aromatic heterocycles. The number of benzene rings is 1. The van der Waals surface area contributed by atoms with Gasteiger partial charge < -0.3 is 10.6 Å². The average Bonchev–Trinajstić information content (AvgIpc) is 2.48. The van der Waals surface area contributed by atoms with Crippen LogP contribution in [0.15, 0.2) is 24.3 Å². The Morgan fingerprint density at radius 3 is 2.48 bits per heavy atom. The summed E-state index contributed by atoms with van der Waals surface area (Å²) in [6, 6.07) is 8.12. The zero-order valence-electron chi connectivity index (χ0n) is 12.3.